The van der Waals surface area contributed by atoms with Crippen molar-refractivity contribution in [1.29, 1.82) is 0 Å². The van der Waals surface area contributed by atoms with Gasteiger partial charge in [-0.05, 0) is 12.8 Å². The van der Waals surface area contributed by atoms with Gasteiger partial charge in [-0.1, -0.05) is 19.8 Å². The van der Waals surface area contributed by atoms with Gasteiger partial charge in [-0.25, -0.2) is 0 Å². The predicted octanol–water partition coefficient (Wildman–Crippen LogP) is 0.679. The van der Waals surface area contributed by atoms with Crippen LogP contribution in [0.3, 0.4) is 0 Å². The van der Waals surface area contributed by atoms with Crippen LogP contribution in [0.25, 0.3) is 0 Å². The summed E-state index contributed by atoms with van der Waals surface area (Å²) in [6.07, 6.45) is 2.32. The fourth-order valence-electron chi connectivity index (χ4n) is 1.96. The first-order valence-corrected chi connectivity index (χ1v) is 5.18. The molecule has 0 saturated heterocycles. The number of hydrogen-bond acceptors (Lipinski definition) is 3. The van der Waals surface area contributed by atoms with Crippen molar-refractivity contribution in [2.45, 2.75) is 38.1 Å². The lowest BCUT2D eigenvalue weighted by molar-refractivity contribution is -0.145. The molecule has 0 amide bonds. The van der Waals surface area contributed by atoms with Crippen LogP contribution in [-0.2, 0) is 9.59 Å². The summed E-state index contributed by atoms with van der Waals surface area (Å²) in [5.41, 5.74) is 4.45. The molecule has 1 aliphatic rings. The second kappa shape index (κ2) is 4.18. The van der Waals surface area contributed by atoms with Gasteiger partial charge in [0.1, 0.15) is 5.54 Å². The Labute approximate surface area is 88.3 Å². The Morgan fingerprint density at radius 3 is 2.40 bits per heavy atom. The predicted molar refractivity (Wildman–Crippen MR) is 53.3 cm³/mol. The Morgan fingerprint density at radius 1 is 1.47 bits per heavy atom. The average Bonchev–Trinajstić information content (AvgIpc) is 2.93. The molecule has 0 radical (unpaired) electrons. The summed E-state index contributed by atoms with van der Waals surface area (Å²) in [7, 11) is 0. The highest BCUT2D eigenvalue weighted by Gasteiger charge is 2.57. The van der Waals surface area contributed by atoms with Gasteiger partial charge in [0.15, 0.2) is 0 Å². The highest BCUT2D eigenvalue weighted by molar-refractivity contribution is 5.83. The highest BCUT2D eigenvalue weighted by atomic mass is 16.4. The van der Waals surface area contributed by atoms with E-state index in [0.717, 1.165) is 6.42 Å². The summed E-state index contributed by atoms with van der Waals surface area (Å²) in [6.45, 7) is 1.95. The zero-order chi connectivity index (χ0) is 11.6. The van der Waals surface area contributed by atoms with Gasteiger partial charge < -0.3 is 15.9 Å². The SMILES string of the molecule is CCCCC(N)(C(=O)O)[C@H]1C[C@@H]1C(=O)O. The van der Waals surface area contributed by atoms with Crippen molar-refractivity contribution in [3.05, 3.63) is 0 Å². The zero-order valence-electron chi connectivity index (χ0n) is 8.77. The average molecular weight is 215 g/mol. The molecule has 0 aliphatic heterocycles. The number of carbonyl (C=O) groups is 2. The lowest BCUT2D eigenvalue weighted by Crippen LogP contribution is -2.51. The summed E-state index contributed by atoms with van der Waals surface area (Å²) in [6, 6.07) is 0. The fraction of sp³-hybridized carbons (Fsp3) is 0.800. The topological polar surface area (TPSA) is 101 Å². The van der Waals surface area contributed by atoms with Crippen LogP contribution in [0, 0.1) is 11.8 Å². The maximum absolute atomic E-state index is 11.1. The molecule has 5 heteroatoms. The number of rotatable bonds is 6. The van der Waals surface area contributed by atoms with E-state index >= 15 is 0 Å². The normalized spacial score (nSPS) is 28.1. The van der Waals surface area contributed by atoms with Gasteiger partial charge in [0.25, 0.3) is 0 Å². The second-order valence-electron chi connectivity index (χ2n) is 4.24. The van der Waals surface area contributed by atoms with E-state index < -0.39 is 29.3 Å². The number of unbranched alkanes of at least 4 members (excludes halogenated alkanes) is 1. The summed E-state index contributed by atoms with van der Waals surface area (Å²) in [5.74, 6) is -2.99. The van der Waals surface area contributed by atoms with E-state index in [0.29, 0.717) is 19.3 Å². The van der Waals surface area contributed by atoms with Gasteiger partial charge in [-0.15, -0.1) is 0 Å². The monoisotopic (exact) mass is 215 g/mol. The molecule has 1 saturated carbocycles. The molecule has 0 aromatic rings. The molecule has 0 bridgehead atoms. The minimum absolute atomic E-state index is 0.354. The molecule has 1 rings (SSSR count). The Morgan fingerprint density at radius 2 is 2.07 bits per heavy atom. The molecule has 15 heavy (non-hydrogen) atoms. The van der Waals surface area contributed by atoms with Gasteiger partial charge in [0.05, 0.1) is 5.92 Å². The smallest absolute Gasteiger partial charge is 0.323 e. The molecule has 0 aromatic heterocycles. The van der Waals surface area contributed by atoms with Crippen LogP contribution in [0.1, 0.15) is 32.6 Å². The first kappa shape index (κ1) is 12.0. The molecule has 3 atom stereocenters. The first-order chi connectivity index (χ1) is 6.93. The first-order valence-electron chi connectivity index (χ1n) is 5.18. The van der Waals surface area contributed by atoms with Crippen molar-refractivity contribution in [3.63, 3.8) is 0 Å². The van der Waals surface area contributed by atoms with E-state index in [9.17, 15) is 9.59 Å². The highest BCUT2D eigenvalue weighted by Crippen LogP contribution is 2.47. The van der Waals surface area contributed by atoms with Crippen LogP contribution in [0.4, 0.5) is 0 Å². The molecule has 1 unspecified atom stereocenters. The standard InChI is InChI=1S/C10H17NO4/c1-2-3-4-10(11,9(14)15)7-5-6(7)8(12)13/h6-7H,2-5,11H2,1H3,(H,12,13)(H,14,15)/t6-,7-,10?/m0/s1. The molecular formula is C10H17NO4. The van der Waals surface area contributed by atoms with E-state index in [1.165, 1.54) is 0 Å². The van der Waals surface area contributed by atoms with E-state index in [-0.39, 0.29) is 0 Å². The van der Waals surface area contributed by atoms with Crippen LogP contribution in [-0.4, -0.2) is 27.7 Å². The van der Waals surface area contributed by atoms with Crippen molar-refractivity contribution >= 4 is 11.9 Å². The van der Waals surface area contributed by atoms with E-state index in [1.807, 2.05) is 6.92 Å². The van der Waals surface area contributed by atoms with Gasteiger partial charge >= 0.3 is 11.9 Å². The van der Waals surface area contributed by atoms with Crippen LogP contribution >= 0.6 is 0 Å². The van der Waals surface area contributed by atoms with E-state index in [1.54, 1.807) is 0 Å². The van der Waals surface area contributed by atoms with Crippen molar-refractivity contribution in [3.8, 4) is 0 Å². The maximum atomic E-state index is 11.1. The molecule has 0 heterocycles. The number of carboxylic acids is 2. The van der Waals surface area contributed by atoms with E-state index in [4.69, 9.17) is 15.9 Å². The van der Waals surface area contributed by atoms with Crippen molar-refractivity contribution in [2.24, 2.45) is 17.6 Å². The Hall–Kier alpha value is -1.10. The summed E-state index contributed by atoms with van der Waals surface area (Å²) >= 11 is 0. The quantitative estimate of drug-likeness (QED) is 0.604. The zero-order valence-corrected chi connectivity index (χ0v) is 8.77. The van der Waals surface area contributed by atoms with Crippen LogP contribution < -0.4 is 5.73 Å². The number of nitrogens with two attached hydrogens (primary N) is 1. The van der Waals surface area contributed by atoms with Crippen LogP contribution in [0.2, 0.25) is 0 Å². The van der Waals surface area contributed by atoms with Crippen molar-refractivity contribution in [1.82, 2.24) is 0 Å². The largest absolute Gasteiger partial charge is 0.481 e. The van der Waals surface area contributed by atoms with Gasteiger partial charge in [0, 0.05) is 5.92 Å². The Kier molecular flexibility index (Phi) is 3.34. The third-order valence-corrected chi connectivity index (χ3v) is 3.11. The maximum Gasteiger partial charge on any atom is 0.323 e. The molecule has 1 fully saturated rings. The van der Waals surface area contributed by atoms with Gasteiger partial charge in [-0.2, -0.15) is 0 Å². The molecule has 4 N–H and O–H groups in total. The third-order valence-electron chi connectivity index (χ3n) is 3.11. The molecular weight excluding hydrogens is 198 g/mol. The van der Waals surface area contributed by atoms with Crippen molar-refractivity contribution < 1.29 is 19.8 Å². The molecule has 0 spiro atoms. The molecule has 86 valence electrons. The van der Waals surface area contributed by atoms with Crippen LogP contribution in [0.15, 0.2) is 0 Å². The van der Waals surface area contributed by atoms with Crippen molar-refractivity contribution in [2.75, 3.05) is 0 Å². The lowest BCUT2D eigenvalue weighted by Gasteiger charge is -2.24. The summed E-state index contributed by atoms with van der Waals surface area (Å²) in [5, 5.41) is 17.8. The minimum Gasteiger partial charge on any atom is -0.481 e. The molecule has 1 aliphatic carbocycles. The lowest BCUT2D eigenvalue weighted by atomic mass is 9.87. The number of aliphatic carboxylic acids is 2. The van der Waals surface area contributed by atoms with Gasteiger partial charge in [-0.3, -0.25) is 9.59 Å². The Balaban J connectivity index is 2.67. The summed E-state index contributed by atoms with van der Waals surface area (Å²) < 4.78 is 0. The fourth-order valence-corrected chi connectivity index (χ4v) is 1.96. The van der Waals surface area contributed by atoms with Crippen LogP contribution in [0.5, 0.6) is 0 Å². The van der Waals surface area contributed by atoms with E-state index in [2.05, 4.69) is 0 Å². The minimum atomic E-state index is -1.35. The molecule has 0 aromatic carbocycles. The van der Waals surface area contributed by atoms with Gasteiger partial charge in [0.2, 0.25) is 0 Å². The number of hydrogen-bond donors (Lipinski definition) is 3. The second-order valence-corrected chi connectivity index (χ2v) is 4.24. The Bertz CT molecular complexity index is 279. The molecule has 5 nitrogen and oxygen atoms in total. The number of carboxylic acid groups (broad SMARTS) is 2. The summed E-state index contributed by atoms with van der Waals surface area (Å²) in [4.78, 5) is 21.7. The third kappa shape index (κ3) is 2.28.